The van der Waals surface area contributed by atoms with Crippen molar-refractivity contribution < 1.29 is 21.6 Å². The molecule has 1 atom stereocenters. The molecule has 0 spiro atoms. The van der Waals surface area contributed by atoms with Crippen molar-refractivity contribution in [1.29, 1.82) is 0 Å². The lowest BCUT2D eigenvalue weighted by Gasteiger charge is -2.24. The van der Waals surface area contributed by atoms with E-state index in [1.54, 1.807) is 16.9 Å². The highest BCUT2D eigenvalue weighted by Gasteiger charge is 2.32. The highest BCUT2D eigenvalue weighted by molar-refractivity contribution is 7.89. The van der Waals surface area contributed by atoms with Gasteiger partial charge >= 0.3 is 6.18 Å². The van der Waals surface area contributed by atoms with Crippen molar-refractivity contribution in [2.24, 2.45) is 0 Å². The first kappa shape index (κ1) is 16.0. The zero-order valence-corrected chi connectivity index (χ0v) is 12.7. The van der Waals surface area contributed by atoms with Gasteiger partial charge in [-0.3, -0.25) is 4.68 Å². The lowest BCUT2D eigenvalue weighted by Crippen LogP contribution is -2.40. The van der Waals surface area contributed by atoms with Gasteiger partial charge in [-0.25, -0.2) is 13.1 Å². The Balaban J connectivity index is 1.80. The SMILES string of the molecule is O=S(=O)(N[C@@H]1CCn2nccc2C1)c1cccc(C(F)(F)F)c1. The van der Waals surface area contributed by atoms with Crippen LogP contribution < -0.4 is 4.72 Å². The molecule has 0 aliphatic carbocycles. The van der Waals surface area contributed by atoms with Crippen LogP contribution in [0, 0.1) is 0 Å². The van der Waals surface area contributed by atoms with Crippen LogP contribution in [0.3, 0.4) is 0 Å². The van der Waals surface area contributed by atoms with E-state index >= 15 is 0 Å². The molecule has 1 aliphatic heterocycles. The average Bonchev–Trinajstić information content (AvgIpc) is 2.93. The predicted octanol–water partition coefficient (Wildman–Crippen LogP) is 2.20. The molecule has 1 aromatic heterocycles. The predicted molar refractivity (Wildman–Crippen MR) is 76.1 cm³/mol. The Labute approximate surface area is 131 Å². The quantitative estimate of drug-likeness (QED) is 0.928. The van der Waals surface area contributed by atoms with Gasteiger partial charge in [0.1, 0.15) is 0 Å². The highest BCUT2D eigenvalue weighted by Crippen LogP contribution is 2.30. The van der Waals surface area contributed by atoms with Gasteiger partial charge in [-0.2, -0.15) is 18.3 Å². The molecular formula is C14H14F3N3O2S. The fraction of sp³-hybridized carbons (Fsp3) is 0.357. The van der Waals surface area contributed by atoms with Crippen LogP contribution in [0.2, 0.25) is 0 Å². The minimum atomic E-state index is -4.58. The fourth-order valence-electron chi connectivity index (χ4n) is 2.60. The van der Waals surface area contributed by atoms with E-state index in [2.05, 4.69) is 9.82 Å². The van der Waals surface area contributed by atoms with E-state index in [1.165, 1.54) is 0 Å². The summed E-state index contributed by atoms with van der Waals surface area (Å²) in [7, 11) is -4.01. The van der Waals surface area contributed by atoms with Crippen LogP contribution in [0.5, 0.6) is 0 Å². The lowest BCUT2D eigenvalue weighted by atomic mass is 10.1. The number of hydrogen-bond donors (Lipinski definition) is 1. The number of aryl methyl sites for hydroxylation is 1. The number of fused-ring (bicyclic) bond motifs is 1. The van der Waals surface area contributed by atoms with Gasteiger partial charge in [0, 0.05) is 30.9 Å². The minimum absolute atomic E-state index is 0.362. The third-order valence-corrected chi connectivity index (χ3v) is 5.26. The van der Waals surface area contributed by atoms with Crippen LogP contribution in [-0.4, -0.2) is 24.2 Å². The van der Waals surface area contributed by atoms with Crippen LogP contribution in [0.1, 0.15) is 17.7 Å². The molecule has 9 heteroatoms. The zero-order chi connectivity index (χ0) is 16.7. The molecule has 3 rings (SSSR count). The van der Waals surface area contributed by atoms with Crippen LogP contribution in [-0.2, 0) is 29.2 Å². The number of alkyl halides is 3. The topological polar surface area (TPSA) is 64.0 Å². The van der Waals surface area contributed by atoms with E-state index in [0.29, 0.717) is 25.5 Å². The maximum absolute atomic E-state index is 12.7. The summed E-state index contributed by atoms with van der Waals surface area (Å²) in [5.41, 5.74) is -0.0879. The van der Waals surface area contributed by atoms with E-state index in [9.17, 15) is 21.6 Å². The molecule has 2 aromatic rings. The first-order valence-corrected chi connectivity index (χ1v) is 8.44. The molecule has 1 aromatic carbocycles. The second kappa shape index (κ2) is 5.64. The van der Waals surface area contributed by atoms with Gasteiger partial charge < -0.3 is 0 Å². The number of benzene rings is 1. The Bertz CT molecular complexity index is 815. The van der Waals surface area contributed by atoms with Crippen molar-refractivity contribution >= 4 is 10.0 Å². The Kier molecular flexibility index (Phi) is 3.93. The summed E-state index contributed by atoms with van der Waals surface area (Å²) in [4.78, 5) is -0.383. The fourth-order valence-corrected chi connectivity index (χ4v) is 3.91. The van der Waals surface area contributed by atoms with Crippen molar-refractivity contribution in [1.82, 2.24) is 14.5 Å². The Morgan fingerprint density at radius 2 is 2.04 bits per heavy atom. The number of sulfonamides is 1. The van der Waals surface area contributed by atoms with Gasteiger partial charge in [0.25, 0.3) is 0 Å². The maximum Gasteiger partial charge on any atom is 0.416 e. The van der Waals surface area contributed by atoms with E-state index in [0.717, 1.165) is 23.9 Å². The summed E-state index contributed by atoms with van der Waals surface area (Å²) in [6.07, 6.45) is -1.95. The molecule has 0 fully saturated rings. The maximum atomic E-state index is 12.7. The number of hydrogen-bond acceptors (Lipinski definition) is 3. The van der Waals surface area contributed by atoms with Crippen molar-refractivity contribution in [2.75, 3.05) is 0 Å². The first-order valence-electron chi connectivity index (χ1n) is 6.96. The number of nitrogens with one attached hydrogen (secondary N) is 1. The molecule has 1 N–H and O–H groups in total. The number of halogens is 3. The smallest absolute Gasteiger partial charge is 0.269 e. The molecule has 124 valence electrons. The monoisotopic (exact) mass is 345 g/mol. The van der Waals surface area contributed by atoms with E-state index < -0.39 is 21.8 Å². The number of aromatic nitrogens is 2. The lowest BCUT2D eigenvalue weighted by molar-refractivity contribution is -0.137. The average molecular weight is 345 g/mol. The normalized spacial score (nSPS) is 18.7. The molecule has 5 nitrogen and oxygen atoms in total. The Hall–Kier alpha value is -1.87. The molecule has 0 amide bonds. The summed E-state index contributed by atoms with van der Waals surface area (Å²) in [5, 5.41) is 4.10. The third kappa shape index (κ3) is 3.40. The summed E-state index contributed by atoms with van der Waals surface area (Å²) in [6.45, 7) is 0.568. The van der Waals surface area contributed by atoms with Gasteiger partial charge in [0.2, 0.25) is 10.0 Å². The van der Waals surface area contributed by atoms with Crippen LogP contribution in [0.25, 0.3) is 0 Å². The largest absolute Gasteiger partial charge is 0.416 e. The van der Waals surface area contributed by atoms with Crippen molar-refractivity contribution in [3.05, 3.63) is 47.8 Å². The molecule has 0 radical (unpaired) electrons. The molecule has 0 bridgehead atoms. The van der Waals surface area contributed by atoms with E-state index in [1.807, 2.05) is 0 Å². The van der Waals surface area contributed by atoms with Gasteiger partial charge in [-0.05, 0) is 30.7 Å². The molecule has 23 heavy (non-hydrogen) atoms. The zero-order valence-electron chi connectivity index (χ0n) is 11.9. The van der Waals surface area contributed by atoms with Crippen molar-refractivity contribution in [3.8, 4) is 0 Å². The Morgan fingerprint density at radius 3 is 2.78 bits per heavy atom. The molecular weight excluding hydrogens is 331 g/mol. The van der Waals surface area contributed by atoms with Crippen molar-refractivity contribution in [2.45, 2.75) is 36.5 Å². The van der Waals surface area contributed by atoms with Crippen LogP contribution in [0.4, 0.5) is 13.2 Å². The first-order chi connectivity index (χ1) is 10.8. The molecule has 0 saturated heterocycles. The second-order valence-electron chi connectivity index (χ2n) is 5.38. The van der Waals surface area contributed by atoms with Gasteiger partial charge in [-0.1, -0.05) is 6.07 Å². The van der Waals surface area contributed by atoms with E-state index in [-0.39, 0.29) is 10.9 Å². The summed E-state index contributed by atoms with van der Waals surface area (Å²) in [5.74, 6) is 0. The standard InChI is InChI=1S/C14H14F3N3O2S/c15-14(16,17)10-2-1-3-13(8-10)23(21,22)19-11-5-7-20-12(9-11)4-6-18-20/h1-4,6,8,11,19H,5,7,9H2/t11-/m1/s1. The molecule has 2 heterocycles. The molecule has 1 aliphatic rings. The number of nitrogens with zero attached hydrogens (tertiary/aromatic N) is 2. The van der Waals surface area contributed by atoms with Gasteiger partial charge in [-0.15, -0.1) is 0 Å². The Morgan fingerprint density at radius 1 is 1.26 bits per heavy atom. The molecule has 0 saturated carbocycles. The van der Waals surface area contributed by atoms with Crippen LogP contribution >= 0.6 is 0 Å². The molecule has 0 unspecified atom stereocenters. The van der Waals surface area contributed by atoms with Crippen LogP contribution in [0.15, 0.2) is 41.4 Å². The van der Waals surface area contributed by atoms with E-state index in [4.69, 9.17) is 0 Å². The summed E-state index contributed by atoms with van der Waals surface area (Å²) < 4.78 is 67.1. The van der Waals surface area contributed by atoms with Gasteiger partial charge in [0.05, 0.1) is 10.5 Å². The third-order valence-electron chi connectivity index (χ3n) is 3.74. The highest BCUT2D eigenvalue weighted by atomic mass is 32.2. The van der Waals surface area contributed by atoms with Gasteiger partial charge in [0.15, 0.2) is 0 Å². The minimum Gasteiger partial charge on any atom is -0.269 e. The summed E-state index contributed by atoms with van der Waals surface area (Å²) >= 11 is 0. The second-order valence-corrected chi connectivity index (χ2v) is 7.10. The van der Waals surface area contributed by atoms with Crippen molar-refractivity contribution in [3.63, 3.8) is 0 Å². The number of rotatable bonds is 3. The summed E-state index contributed by atoms with van der Waals surface area (Å²) in [6, 6.07) is 5.18.